The Morgan fingerprint density at radius 1 is 1.24 bits per heavy atom. The minimum absolute atomic E-state index is 0.0869. The summed E-state index contributed by atoms with van der Waals surface area (Å²) in [5, 5.41) is 2.79. The van der Waals surface area contributed by atoms with Gasteiger partial charge in [0.1, 0.15) is 5.82 Å². The summed E-state index contributed by atoms with van der Waals surface area (Å²) < 4.78 is 40.2. The molecule has 1 aromatic heterocycles. The molecule has 0 fully saturated rings. The Morgan fingerprint density at radius 2 is 2.00 bits per heavy atom. The van der Waals surface area contributed by atoms with Crippen LogP contribution in [-0.2, 0) is 16.6 Å². The van der Waals surface area contributed by atoms with Gasteiger partial charge in [0.15, 0.2) is 5.03 Å². The fourth-order valence-electron chi connectivity index (χ4n) is 1.79. The molecule has 0 saturated carbocycles. The molecule has 0 unspecified atom stereocenters. The molecule has 7 heteroatoms. The fourth-order valence-corrected chi connectivity index (χ4v) is 2.78. The third-order valence-corrected chi connectivity index (χ3v) is 4.10. The van der Waals surface area contributed by atoms with Gasteiger partial charge in [0.25, 0.3) is 10.0 Å². The van der Waals surface area contributed by atoms with Gasteiger partial charge in [0.2, 0.25) is 0 Å². The van der Waals surface area contributed by atoms with Crippen LogP contribution in [0.3, 0.4) is 0 Å². The topological polar surface area (TPSA) is 71.1 Å². The van der Waals surface area contributed by atoms with Crippen LogP contribution in [0.15, 0.2) is 41.6 Å². The number of nitrogens with zero attached hydrogens (tertiary/aromatic N) is 1. The predicted molar refractivity (Wildman–Crippen MR) is 78.9 cm³/mol. The SMILES string of the molecule is CNCc1ccc(S(=O)(=O)Nc2cc(C)ccc2F)nc1. The number of halogens is 1. The number of aryl methyl sites for hydroxylation is 1. The van der Waals surface area contributed by atoms with E-state index in [2.05, 4.69) is 15.0 Å². The zero-order valence-electron chi connectivity index (χ0n) is 11.7. The van der Waals surface area contributed by atoms with Crippen molar-refractivity contribution >= 4 is 15.7 Å². The van der Waals surface area contributed by atoms with E-state index < -0.39 is 15.8 Å². The smallest absolute Gasteiger partial charge is 0.279 e. The molecule has 0 atom stereocenters. The third-order valence-electron chi connectivity index (χ3n) is 2.82. The second-order valence-corrected chi connectivity index (χ2v) is 6.25. The fraction of sp³-hybridized carbons (Fsp3) is 0.214. The molecular weight excluding hydrogens is 293 g/mol. The molecule has 0 amide bonds. The Labute approximate surface area is 123 Å². The number of pyridine rings is 1. The van der Waals surface area contributed by atoms with Crippen molar-refractivity contribution in [1.82, 2.24) is 10.3 Å². The summed E-state index contributed by atoms with van der Waals surface area (Å²) in [6.45, 7) is 2.34. The molecule has 21 heavy (non-hydrogen) atoms. The van der Waals surface area contributed by atoms with Crippen molar-refractivity contribution in [3.63, 3.8) is 0 Å². The Hall–Kier alpha value is -1.99. The lowest BCUT2D eigenvalue weighted by Gasteiger charge is -2.09. The molecule has 0 radical (unpaired) electrons. The molecule has 1 heterocycles. The normalized spacial score (nSPS) is 11.4. The molecule has 5 nitrogen and oxygen atoms in total. The van der Waals surface area contributed by atoms with Crippen LogP contribution in [0.25, 0.3) is 0 Å². The number of sulfonamides is 1. The molecule has 0 spiro atoms. The lowest BCUT2D eigenvalue weighted by molar-refractivity contribution is 0.595. The molecule has 0 aliphatic carbocycles. The number of hydrogen-bond acceptors (Lipinski definition) is 4. The summed E-state index contributed by atoms with van der Waals surface area (Å²) in [5.41, 5.74) is 1.53. The summed E-state index contributed by atoms with van der Waals surface area (Å²) in [4.78, 5) is 3.90. The molecule has 0 saturated heterocycles. The molecule has 0 aliphatic rings. The highest BCUT2D eigenvalue weighted by Gasteiger charge is 2.17. The van der Waals surface area contributed by atoms with E-state index in [1.165, 1.54) is 24.4 Å². The van der Waals surface area contributed by atoms with Gasteiger partial charge in [-0.1, -0.05) is 12.1 Å². The van der Waals surface area contributed by atoms with Crippen molar-refractivity contribution < 1.29 is 12.8 Å². The Kier molecular flexibility index (Phi) is 4.54. The van der Waals surface area contributed by atoms with Crippen LogP contribution in [0.4, 0.5) is 10.1 Å². The van der Waals surface area contributed by atoms with Gasteiger partial charge in [-0.2, -0.15) is 8.42 Å². The van der Waals surface area contributed by atoms with Gasteiger partial charge in [0, 0.05) is 12.7 Å². The lowest BCUT2D eigenvalue weighted by Crippen LogP contribution is -2.16. The molecule has 2 N–H and O–H groups in total. The highest BCUT2D eigenvalue weighted by atomic mass is 32.2. The number of nitrogens with one attached hydrogen (secondary N) is 2. The molecule has 0 bridgehead atoms. The van der Waals surface area contributed by atoms with Crippen LogP contribution in [-0.4, -0.2) is 20.4 Å². The largest absolute Gasteiger partial charge is 0.316 e. The maximum absolute atomic E-state index is 13.6. The van der Waals surface area contributed by atoms with Crippen LogP contribution < -0.4 is 10.0 Å². The summed E-state index contributed by atoms with van der Waals surface area (Å²) in [7, 11) is -2.12. The van der Waals surface area contributed by atoms with Crippen LogP contribution in [0.5, 0.6) is 0 Å². The minimum Gasteiger partial charge on any atom is -0.316 e. The van der Waals surface area contributed by atoms with E-state index in [1.807, 2.05) is 0 Å². The zero-order valence-corrected chi connectivity index (χ0v) is 12.5. The Bertz CT molecular complexity index is 730. The first-order chi connectivity index (χ1) is 9.92. The number of aromatic nitrogens is 1. The lowest BCUT2D eigenvalue weighted by atomic mass is 10.2. The standard InChI is InChI=1S/C14H16FN3O2S/c1-10-3-5-12(15)13(7-10)18-21(19,20)14-6-4-11(8-16-2)9-17-14/h3-7,9,16,18H,8H2,1-2H3. The van der Waals surface area contributed by atoms with E-state index in [-0.39, 0.29) is 10.7 Å². The van der Waals surface area contributed by atoms with Crippen molar-refractivity contribution in [1.29, 1.82) is 0 Å². The summed E-state index contributed by atoms with van der Waals surface area (Å²) in [6, 6.07) is 7.27. The van der Waals surface area contributed by atoms with E-state index in [1.54, 1.807) is 26.1 Å². The first-order valence-corrected chi connectivity index (χ1v) is 7.79. The molecule has 112 valence electrons. The quantitative estimate of drug-likeness (QED) is 0.887. The van der Waals surface area contributed by atoms with Gasteiger partial charge in [-0.15, -0.1) is 0 Å². The van der Waals surface area contributed by atoms with Crippen LogP contribution in [0, 0.1) is 12.7 Å². The average molecular weight is 309 g/mol. The first-order valence-electron chi connectivity index (χ1n) is 6.31. The van der Waals surface area contributed by atoms with E-state index in [9.17, 15) is 12.8 Å². The van der Waals surface area contributed by atoms with E-state index in [0.717, 1.165) is 11.1 Å². The first kappa shape index (κ1) is 15.4. The average Bonchev–Trinajstić information content (AvgIpc) is 2.44. The molecule has 2 aromatic rings. The minimum atomic E-state index is -3.91. The van der Waals surface area contributed by atoms with E-state index in [4.69, 9.17) is 0 Å². The van der Waals surface area contributed by atoms with Crippen LogP contribution >= 0.6 is 0 Å². The maximum Gasteiger partial charge on any atom is 0.279 e. The van der Waals surface area contributed by atoms with E-state index in [0.29, 0.717) is 6.54 Å². The third kappa shape index (κ3) is 3.77. The van der Waals surface area contributed by atoms with Gasteiger partial charge < -0.3 is 5.32 Å². The zero-order chi connectivity index (χ0) is 15.5. The van der Waals surface area contributed by atoms with Crippen LogP contribution in [0.1, 0.15) is 11.1 Å². The highest BCUT2D eigenvalue weighted by Crippen LogP contribution is 2.19. The van der Waals surface area contributed by atoms with Crippen LogP contribution in [0.2, 0.25) is 0 Å². The number of hydrogen-bond donors (Lipinski definition) is 2. The maximum atomic E-state index is 13.6. The second kappa shape index (κ2) is 6.19. The number of anilines is 1. The van der Waals surface area contributed by atoms with Crippen molar-refractivity contribution in [2.24, 2.45) is 0 Å². The molecule has 2 rings (SSSR count). The highest BCUT2D eigenvalue weighted by molar-refractivity contribution is 7.92. The summed E-state index contributed by atoms with van der Waals surface area (Å²) in [5.74, 6) is -0.629. The van der Waals surface area contributed by atoms with Gasteiger partial charge in [-0.05, 0) is 43.3 Å². The molecule has 1 aromatic carbocycles. The number of benzene rings is 1. The summed E-state index contributed by atoms with van der Waals surface area (Å²) >= 11 is 0. The van der Waals surface area contributed by atoms with Crippen molar-refractivity contribution in [3.05, 3.63) is 53.5 Å². The van der Waals surface area contributed by atoms with Gasteiger partial charge in [0.05, 0.1) is 5.69 Å². The summed E-state index contributed by atoms with van der Waals surface area (Å²) in [6.07, 6.45) is 1.47. The van der Waals surface area contributed by atoms with Gasteiger partial charge in [-0.3, -0.25) is 4.72 Å². The molecular formula is C14H16FN3O2S. The van der Waals surface area contributed by atoms with E-state index >= 15 is 0 Å². The Morgan fingerprint density at radius 3 is 2.62 bits per heavy atom. The predicted octanol–water partition coefficient (Wildman–Crippen LogP) is 2.05. The van der Waals surface area contributed by atoms with Crippen molar-refractivity contribution in [2.75, 3.05) is 11.8 Å². The molecule has 0 aliphatic heterocycles. The van der Waals surface area contributed by atoms with Gasteiger partial charge in [-0.25, -0.2) is 9.37 Å². The Balaban J connectivity index is 2.27. The van der Waals surface area contributed by atoms with Crippen molar-refractivity contribution in [3.8, 4) is 0 Å². The second-order valence-electron chi connectivity index (χ2n) is 4.62. The monoisotopic (exact) mass is 309 g/mol. The number of rotatable bonds is 5. The van der Waals surface area contributed by atoms with Crippen molar-refractivity contribution in [2.45, 2.75) is 18.5 Å². The van der Waals surface area contributed by atoms with Gasteiger partial charge >= 0.3 is 0 Å².